The smallest absolute Gasteiger partial charge is 0.0195 e. The van der Waals surface area contributed by atoms with E-state index < -0.39 is 0 Å². The third-order valence-corrected chi connectivity index (χ3v) is 4.50. The van der Waals surface area contributed by atoms with Crippen molar-refractivity contribution in [1.82, 2.24) is 15.1 Å². The van der Waals surface area contributed by atoms with E-state index in [0.29, 0.717) is 12.1 Å². The number of rotatable bonds is 7. The van der Waals surface area contributed by atoms with Crippen molar-refractivity contribution >= 4 is 0 Å². The van der Waals surface area contributed by atoms with E-state index in [1.807, 2.05) is 0 Å². The van der Waals surface area contributed by atoms with Crippen molar-refractivity contribution in [3.05, 3.63) is 0 Å². The van der Waals surface area contributed by atoms with Crippen LogP contribution in [0.4, 0.5) is 0 Å². The second-order valence-corrected chi connectivity index (χ2v) is 5.89. The molecule has 1 N–H and O–H groups in total. The lowest BCUT2D eigenvalue weighted by molar-refractivity contribution is 0.0474. The van der Waals surface area contributed by atoms with E-state index in [0.717, 1.165) is 19.0 Å². The normalized spacial score (nSPS) is 26.2. The van der Waals surface area contributed by atoms with Gasteiger partial charge < -0.3 is 5.32 Å². The fourth-order valence-corrected chi connectivity index (χ4v) is 2.90. The Bertz CT molecular complexity index is 220. The molecule has 3 unspecified atom stereocenters. The zero-order valence-corrected chi connectivity index (χ0v) is 13.1. The van der Waals surface area contributed by atoms with Gasteiger partial charge in [-0.3, -0.25) is 9.80 Å². The summed E-state index contributed by atoms with van der Waals surface area (Å²) >= 11 is 0. The molecule has 3 atom stereocenters. The van der Waals surface area contributed by atoms with Crippen molar-refractivity contribution < 1.29 is 0 Å². The van der Waals surface area contributed by atoms with Gasteiger partial charge in [-0.05, 0) is 45.8 Å². The Hall–Kier alpha value is -0.120. The van der Waals surface area contributed by atoms with E-state index >= 15 is 0 Å². The molecule has 3 heteroatoms. The van der Waals surface area contributed by atoms with Gasteiger partial charge in [0.25, 0.3) is 0 Å². The molecule has 18 heavy (non-hydrogen) atoms. The second kappa shape index (κ2) is 8.13. The minimum atomic E-state index is 0.691. The van der Waals surface area contributed by atoms with Crippen molar-refractivity contribution in [2.24, 2.45) is 5.92 Å². The Morgan fingerprint density at radius 3 is 2.50 bits per heavy atom. The lowest BCUT2D eigenvalue weighted by Gasteiger charge is -2.43. The summed E-state index contributed by atoms with van der Waals surface area (Å²) in [5.74, 6) is 0.733. The topological polar surface area (TPSA) is 18.5 Å². The quantitative estimate of drug-likeness (QED) is 0.702. The van der Waals surface area contributed by atoms with E-state index in [2.05, 4.69) is 49.7 Å². The number of likely N-dealkylation sites (N-methyl/N-ethyl adjacent to an activating group) is 1. The highest BCUT2D eigenvalue weighted by atomic mass is 15.3. The summed E-state index contributed by atoms with van der Waals surface area (Å²) in [6.07, 6.45) is 1.23. The first-order chi connectivity index (χ1) is 8.60. The molecule has 1 heterocycles. The van der Waals surface area contributed by atoms with E-state index in [1.165, 1.54) is 32.6 Å². The Labute approximate surface area is 114 Å². The molecule has 0 amide bonds. The molecule has 0 bridgehead atoms. The van der Waals surface area contributed by atoms with E-state index in [9.17, 15) is 0 Å². The van der Waals surface area contributed by atoms with Crippen LogP contribution in [0.25, 0.3) is 0 Å². The molecule has 1 rings (SSSR count). The highest BCUT2D eigenvalue weighted by Crippen LogP contribution is 2.16. The number of piperazine rings is 1. The minimum absolute atomic E-state index is 0.691. The van der Waals surface area contributed by atoms with Gasteiger partial charge in [-0.25, -0.2) is 0 Å². The van der Waals surface area contributed by atoms with Gasteiger partial charge in [-0.15, -0.1) is 0 Å². The number of hydrogen-bond acceptors (Lipinski definition) is 3. The van der Waals surface area contributed by atoms with Gasteiger partial charge in [0.1, 0.15) is 0 Å². The molecule has 3 nitrogen and oxygen atoms in total. The van der Waals surface area contributed by atoms with Gasteiger partial charge in [0, 0.05) is 31.7 Å². The molecule has 1 aliphatic heterocycles. The molecule has 0 aliphatic carbocycles. The first kappa shape index (κ1) is 15.9. The second-order valence-electron chi connectivity index (χ2n) is 5.89. The van der Waals surface area contributed by atoms with Crippen molar-refractivity contribution in [2.45, 2.75) is 53.1 Å². The molecule has 1 fully saturated rings. The van der Waals surface area contributed by atoms with Crippen LogP contribution in [0, 0.1) is 5.92 Å². The van der Waals surface area contributed by atoms with Crippen LogP contribution in [-0.2, 0) is 0 Å². The zero-order chi connectivity index (χ0) is 13.5. The summed E-state index contributed by atoms with van der Waals surface area (Å²) in [5.41, 5.74) is 0. The van der Waals surface area contributed by atoms with Crippen LogP contribution < -0.4 is 5.32 Å². The number of nitrogens with one attached hydrogen (secondary N) is 1. The maximum Gasteiger partial charge on any atom is 0.0195 e. The molecule has 0 aromatic rings. The average molecular weight is 255 g/mol. The predicted molar refractivity (Wildman–Crippen MR) is 80.1 cm³/mol. The van der Waals surface area contributed by atoms with Crippen LogP contribution in [0.15, 0.2) is 0 Å². The van der Waals surface area contributed by atoms with Gasteiger partial charge in [0.05, 0.1) is 0 Å². The van der Waals surface area contributed by atoms with Gasteiger partial charge in [0.15, 0.2) is 0 Å². The summed E-state index contributed by atoms with van der Waals surface area (Å²) < 4.78 is 0. The molecule has 108 valence electrons. The largest absolute Gasteiger partial charge is 0.316 e. The van der Waals surface area contributed by atoms with Gasteiger partial charge in [0.2, 0.25) is 0 Å². The minimum Gasteiger partial charge on any atom is -0.316 e. The third-order valence-electron chi connectivity index (χ3n) is 4.50. The Balaban J connectivity index is 2.35. The predicted octanol–water partition coefficient (Wildman–Crippen LogP) is 2.04. The Kier molecular flexibility index (Phi) is 7.20. The fourth-order valence-electron chi connectivity index (χ4n) is 2.90. The fraction of sp³-hybridized carbons (Fsp3) is 1.00. The van der Waals surface area contributed by atoms with Crippen molar-refractivity contribution in [3.63, 3.8) is 0 Å². The molecule has 0 aromatic heterocycles. The van der Waals surface area contributed by atoms with E-state index in [-0.39, 0.29) is 0 Å². The maximum absolute atomic E-state index is 3.55. The van der Waals surface area contributed by atoms with Crippen LogP contribution in [0.1, 0.15) is 41.0 Å². The zero-order valence-electron chi connectivity index (χ0n) is 13.1. The van der Waals surface area contributed by atoms with Crippen LogP contribution in [0.5, 0.6) is 0 Å². The third kappa shape index (κ3) is 4.52. The van der Waals surface area contributed by atoms with Gasteiger partial charge in [-0.2, -0.15) is 0 Å². The number of hydrogen-bond donors (Lipinski definition) is 1. The summed E-state index contributed by atoms with van der Waals surface area (Å²) in [6.45, 7) is 18.8. The molecule has 0 radical (unpaired) electrons. The van der Waals surface area contributed by atoms with Crippen LogP contribution in [-0.4, -0.2) is 61.2 Å². The standard InChI is InChI=1S/C15H33N3/c1-6-8-16-11-13(3)15(5)18-10-9-17(7-2)14(4)12-18/h13-16H,6-12H2,1-5H3. The summed E-state index contributed by atoms with van der Waals surface area (Å²) in [5, 5.41) is 3.55. The molecule has 1 saturated heterocycles. The SMILES string of the molecule is CCCNCC(C)C(C)N1CCN(CC)C(C)C1. The van der Waals surface area contributed by atoms with Gasteiger partial charge in [-0.1, -0.05) is 20.8 Å². The first-order valence-corrected chi connectivity index (χ1v) is 7.78. The van der Waals surface area contributed by atoms with Crippen molar-refractivity contribution in [3.8, 4) is 0 Å². The maximum atomic E-state index is 3.55. The lowest BCUT2D eigenvalue weighted by atomic mass is 10.00. The number of nitrogens with zero attached hydrogens (tertiary/aromatic N) is 2. The molecule has 0 spiro atoms. The first-order valence-electron chi connectivity index (χ1n) is 7.78. The molecular weight excluding hydrogens is 222 g/mol. The van der Waals surface area contributed by atoms with Crippen LogP contribution >= 0.6 is 0 Å². The highest BCUT2D eigenvalue weighted by molar-refractivity contribution is 4.83. The Morgan fingerprint density at radius 1 is 1.22 bits per heavy atom. The summed E-state index contributed by atoms with van der Waals surface area (Å²) in [6, 6.07) is 1.40. The van der Waals surface area contributed by atoms with Crippen LogP contribution in [0.2, 0.25) is 0 Å². The summed E-state index contributed by atoms with van der Waals surface area (Å²) in [4.78, 5) is 5.26. The van der Waals surface area contributed by atoms with Gasteiger partial charge >= 0.3 is 0 Å². The monoisotopic (exact) mass is 255 g/mol. The lowest BCUT2D eigenvalue weighted by Crippen LogP contribution is -2.55. The Morgan fingerprint density at radius 2 is 1.94 bits per heavy atom. The molecule has 1 aliphatic rings. The van der Waals surface area contributed by atoms with E-state index in [4.69, 9.17) is 0 Å². The molecular formula is C15H33N3. The molecule has 0 saturated carbocycles. The van der Waals surface area contributed by atoms with Crippen LogP contribution in [0.3, 0.4) is 0 Å². The highest BCUT2D eigenvalue weighted by Gasteiger charge is 2.27. The molecule has 0 aromatic carbocycles. The van der Waals surface area contributed by atoms with E-state index in [1.54, 1.807) is 0 Å². The van der Waals surface area contributed by atoms with Crippen molar-refractivity contribution in [2.75, 3.05) is 39.3 Å². The van der Waals surface area contributed by atoms with Crippen molar-refractivity contribution in [1.29, 1.82) is 0 Å². The summed E-state index contributed by atoms with van der Waals surface area (Å²) in [7, 11) is 0. The average Bonchev–Trinajstić information content (AvgIpc) is 2.38.